The zero-order chi connectivity index (χ0) is 31.1. The molecule has 0 aliphatic carbocycles. The summed E-state index contributed by atoms with van der Waals surface area (Å²) in [7, 11) is -8.57. The average molecular weight is 639 g/mol. The summed E-state index contributed by atoms with van der Waals surface area (Å²) in [5.74, 6) is -4.74. The van der Waals surface area contributed by atoms with Crippen molar-refractivity contribution < 1.29 is 55.1 Å². The van der Waals surface area contributed by atoms with Crippen molar-refractivity contribution in [2.45, 2.75) is 53.8 Å². The molecule has 1 aliphatic rings. The molecule has 4 amide bonds. The lowest BCUT2D eigenvalue weighted by Crippen LogP contribution is -2.45. The standard InChI is InChI=1S/C22H30N4O12S3/c1-5-26(20(32)9-24-19(31)11-38-14(4)28)16-6-12(2)40(33,34)22-15(16)7-21(39-22)41(35,36)25-17(29)8-23-18(30)10-37-13(3)27/h7,12,16H,5-6,8-11H2,1-4H3,(H,23,30)(H,24,31)(H,25,29)/t12-,16-/m0/s1. The first-order valence-corrected chi connectivity index (χ1v) is 15.9. The Labute approximate surface area is 240 Å². The number of nitrogens with one attached hydrogen (secondary N) is 3. The van der Waals surface area contributed by atoms with Gasteiger partial charge in [-0.3, -0.25) is 28.8 Å². The quantitative estimate of drug-likeness (QED) is 0.219. The maximum Gasteiger partial charge on any atom is 0.303 e. The number of sulfonamides is 1. The Hall–Kier alpha value is -3.58. The molecule has 0 saturated heterocycles. The number of likely N-dealkylation sites (N-methyl/N-ethyl adjacent to an activating group) is 1. The number of thiophene rings is 1. The highest BCUT2D eigenvalue weighted by molar-refractivity contribution is 7.95. The number of esters is 2. The first kappa shape index (κ1) is 33.6. The molecular formula is C22H30N4O12S3. The SMILES string of the molecule is CCN(C(=O)CNC(=O)COC(C)=O)[C@H]1C[C@H](C)S(=O)(=O)c2sc(S(=O)(=O)NC(=O)CNC(=O)COC(C)=O)cc21. The van der Waals surface area contributed by atoms with Gasteiger partial charge in [-0.1, -0.05) is 0 Å². The molecule has 2 atom stereocenters. The predicted octanol–water partition coefficient (Wildman–Crippen LogP) is -1.63. The van der Waals surface area contributed by atoms with E-state index < -0.39 is 97.2 Å². The van der Waals surface area contributed by atoms with Crippen LogP contribution in [0.15, 0.2) is 14.5 Å². The molecule has 0 saturated carbocycles. The monoisotopic (exact) mass is 638 g/mol. The molecule has 0 radical (unpaired) electrons. The Morgan fingerprint density at radius 2 is 1.51 bits per heavy atom. The van der Waals surface area contributed by atoms with E-state index in [1.807, 2.05) is 0 Å². The van der Waals surface area contributed by atoms with Crippen molar-refractivity contribution in [2.24, 2.45) is 0 Å². The molecule has 0 fully saturated rings. The Morgan fingerprint density at radius 3 is 2.02 bits per heavy atom. The molecule has 0 bridgehead atoms. The van der Waals surface area contributed by atoms with E-state index in [0.717, 1.165) is 19.9 Å². The Balaban J connectivity index is 2.25. The molecule has 1 aromatic rings. The van der Waals surface area contributed by atoms with Crippen LogP contribution in [0.4, 0.5) is 0 Å². The largest absolute Gasteiger partial charge is 0.456 e. The van der Waals surface area contributed by atoms with Gasteiger partial charge in [-0.2, -0.15) is 0 Å². The number of carbonyl (C=O) groups excluding carboxylic acids is 6. The van der Waals surface area contributed by atoms with Crippen molar-refractivity contribution >= 4 is 66.8 Å². The summed E-state index contributed by atoms with van der Waals surface area (Å²) in [6.07, 6.45) is -0.0622. The van der Waals surface area contributed by atoms with Crippen LogP contribution in [0.3, 0.4) is 0 Å². The molecule has 0 spiro atoms. The van der Waals surface area contributed by atoms with Gasteiger partial charge in [0.15, 0.2) is 23.1 Å². The summed E-state index contributed by atoms with van der Waals surface area (Å²) in [5, 5.41) is 3.39. The van der Waals surface area contributed by atoms with Crippen LogP contribution in [0, 0.1) is 0 Å². The van der Waals surface area contributed by atoms with Crippen molar-refractivity contribution in [1.82, 2.24) is 20.3 Å². The number of carbonyl (C=O) groups is 6. The number of ether oxygens (including phenoxy) is 2. The smallest absolute Gasteiger partial charge is 0.303 e. The molecule has 2 heterocycles. The van der Waals surface area contributed by atoms with E-state index in [0.29, 0.717) is 11.3 Å². The lowest BCUT2D eigenvalue weighted by Gasteiger charge is -2.36. The molecule has 0 unspecified atom stereocenters. The van der Waals surface area contributed by atoms with E-state index in [9.17, 15) is 45.6 Å². The van der Waals surface area contributed by atoms with Crippen molar-refractivity contribution in [3.8, 4) is 0 Å². The van der Waals surface area contributed by atoms with Crippen LogP contribution < -0.4 is 15.4 Å². The van der Waals surface area contributed by atoms with E-state index in [4.69, 9.17) is 0 Å². The van der Waals surface area contributed by atoms with E-state index in [1.165, 1.54) is 11.8 Å². The molecule has 1 aromatic heterocycles. The lowest BCUT2D eigenvalue weighted by molar-refractivity contribution is -0.146. The van der Waals surface area contributed by atoms with E-state index in [2.05, 4.69) is 20.1 Å². The van der Waals surface area contributed by atoms with Crippen LogP contribution in [-0.4, -0.2) is 95.4 Å². The fourth-order valence-corrected chi connectivity index (χ4v) is 8.66. The summed E-state index contributed by atoms with van der Waals surface area (Å²) in [5.41, 5.74) is 0.0389. The summed E-state index contributed by atoms with van der Waals surface area (Å²) < 4.78 is 61.9. The fraction of sp³-hybridized carbons (Fsp3) is 0.545. The number of amides is 4. The highest BCUT2D eigenvalue weighted by Gasteiger charge is 2.43. The number of hydrogen-bond donors (Lipinski definition) is 3. The van der Waals surface area contributed by atoms with Gasteiger partial charge in [0.2, 0.25) is 5.91 Å². The summed E-state index contributed by atoms with van der Waals surface area (Å²) >= 11 is 0.410. The van der Waals surface area contributed by atoms with Gasteiger partial charge in [-0.05, 0) is 26.3 Å². The number of sulfone groups is 1. The molecule has 228 valence electrons. The van der Waals surface area contributed by atoms with Gasteiger partial charge in [0, 0.05) is 26.0 Å². The molecule has 19 heteroatoms. The Kier molecular flexibility index (Phi) is 11.4. The van der Waals surface area contributed by atoms with Gasteiger partial charge in [-0.25, -0.2) is 21.6 Å². The van der Waals surface area contributed by atoms with Crippen LogP contribution in [0.1, 0.15) is 45.7 Å². The molecular weight excluding hydrogens is 608 g/mol. The van der Waals surface area contributed by atoms with Crippen LogP contribution in [0.25, 0.3) is 0 Å². The third-order valence-corrected chi connectivity index (χ3v) is 11.4. The van der Waals surface area contributed by atoms with E-state index in [-0.39, 0.29) is 22.7 Å². The first-order chi connectivity index (χ1) is 19.0. The van der Waals surface area contributed by atoms with Crippen molar-refractivity contribution in [1.29, 1.82) is 0 Å². The second-order valence-corrected chi connectivity index (χ2v) is 14.3. The van der Waals surface area contributed by atoms with Gasteiger partial charge in [0.05, 0.1) is 24.4 Å². The minimum atomic E-state index is -4.59. The highest BCUT2D eigenvalue weighted by Crippen LogP contribution is 2.45. The van der Waals surface area contributed by atoms with Crippen molar-refractivity contribution in [3.05, 3.63) is 11.6 Å². The van der Waals surface area contributed by atoms with Gasteiger partial charge in [-0.15, -0.1) is 11.3 Å². The minimum Gasteiger partial charge on any atom is -0.456 e. The maximum absolute atomic E-state index is 13.1. The third-order valence-electron chi connectivity index (χ3n) is 5.65. The van der Waals surface area contributed by atoms with Crippen LogP contribution in [0.5, 0.6) is 0 Å². The van der Waals surface area contributed by atoms with Crippen LogP contribution in [-0.2, 0) is 58.1 Å². The topological polar surface area (TPSA) is 228 Å². The van der Waals surface area contributed by atoms with Gasteiger partial charge in [0.25, 0.3) is 27.7 Å². The van der Waals surface area contributed by atoms with Gasteiger partial charge < -0.3 is 25.0 Å². The minimum absolute atomic E-state index is 0.0389. The number of rotatable bonds is 12. The molecule has 41 heavy (non-hydrogen) atoms. The van der Waals surface area contributed by atoms with E-state index in [1.54, 1.807) is 11.6 Å². The summed E-state index contributed by atoms with van der Waals surface area (Å²) in [6.45, 7) is 2.76. The Bertz CT molecular complexity index is 1440. The van der Waals surface area contributed by atoms with Crippen LogP contribution in [0.2, 0.25) is 0 Å². The average Bonchev–Trinajstić information content (AvgIpc) is 3.35. The lowest BCUT2D eigenvalue weighted by atomic mass is 10.0. The zero-order valence-electron chi connectivity index (χ0n) is 22.5. The predicted molar refractivity (Wildman–Crippen MR) is 140 cm³/mol. The number of fused-ring (bicyclic) bond motifs is 1. The fourth-order valence-electron chi connectivity index (χ4n) is 3.70. The normalized spacial score (nSPS) is 17.4. The third kappa shape index (κ3) is 8.95. The van der Waals surface area contributed by atoms with E-state index >= 15 is 0 Å². The summed E-state index contributed by atoms with van der Waals surface area (Å²) in [4.78, 5) is 71.5. The van der Waals surface area contributed by atoms with Crippen molar-refractivity contribution in [3.63, 3.8) is 0 Å². The summed E-state index contributed by atoms with van der Waals surface area (Å²) in [6, 6.07) is 0.195. The highest BCUT2D eigenvalue weighted by atomic mass is 32.3. The molecule has 1 aliphatic heterocycles. The molecule has 3 N–H and O–H groups in total. The maximum atomic E-state index is 13.1. The van der Waals surface area contributed by atoms with Gasteiger partial charge in [0.1, 0.15) is 8.42 Å². The van der Waals surface area contributed by atoms with Crippen LogP contribution >= 0.6 is 11.3 Å². The second-order valence-electron chi connectivity index (χ2n) is 8.74. The molecule has 2 rings (SSSR count). The number of nitrogens with zero attached hydrogens (tertiary/aromatic N) is 1. The molecule has 0 aromatic carbocycles. The Morgan fingerprint density at radius 1 is 0.976 bits per heavy atom. The zero-order valence-corrected chi connectivity index (χ0v) is 25.0. The van der Waals surface area contributed by atoms with Crippen molar-refractivity contribution in [2.75, 3.05) is 32.8 Å². The van der Waals surface area contributed by atoms with Gasteiger partial charge >= 0.3 is 11.9 Å². The second kappa shape index (κ2) is 13.9. The number of hydrogen-bond acceptors (Lipinski definition) is 13. The first-order valence-electron chi connectivity index (χ1n) is 12.0. The molecule has 16 nitrogen and oxygen atoms in total.